The van der Waals surface area contributed by atoms with Gasteiger partial charge in [0.25, 0.3) is 0 Å². The highest BCUT2D eigenvalue weighted by Gasteiger charge is 2.05. The first-order valence-corrected chi connectivity index (χ1v) is 6.70. The molecule has 3 rings (SSSR count). The Morgan fingerprint density at radius 3 is 2.63 bits per heavy atom. The predicted molar refractivity (Wildman–Crippen MR) is 78.0 cm³/mol. The van der Waals surface area contributed by atoms with Crippen molar-refractivity contribution in [3.05, 3.63) is 65.0 Å². The van der Waals surface area contributed by atoms with Crippen molar-refractivity contribution in [1.29, 1.82) is 0 Å². The summed E-state index contributed by atoms with van der Waals surface area (Å²) >= 11 is 3.37. The summed E-state index contributed by atoms with van der Waals surface area (Å²) in [5.41, 5.74) is 2.04. The molecule has 0 aliphatic rings. The Kier molecular flexibility index (Phi) is 3.42. The van der Waals surface area contributed by atoms with Crippen LogP contribution >= 0.6 is 15.9 Å². The molecule has 3 nitrogen and oxygen atoms in total. The van der Waals surface area contributed by atoms with Gasteiger partial charge in [0.05, 0.1) is 5.52 Å². The molecule has 0 aliphatic heterocycles. The second kappa shape index (κ2) is 5.36. The molecule has 0 spiro atoms. The summed E-state index contributed by atoms with van der Waals surface area (Å²) in [7, 11) is 0. The number of halogens is 1. The average Bonchev–Trinajstić information content (AvgIpc) is 2.46. The van der Waals surface area contributed by atoms with Gasteiger partial charge >= 0.3 is 0 Å². The molecule has 0 bridgehead atoms. The Bertz CT molecular complexity index is 710. The fourth-order valence-electron chi connectivity index (χ4n) is 1.92. The van der Waals surface area contributed by atoms with Gasteiger partial charge in [0.1, 0.15) is 11.2 Å². The van der Waals surface area contributed by atoms with E-state index in [1.54, 1.807) is 12.4 Å². The van der Waals surface area contributed by atoms with E-state index in [0.29, 0.717) is 11.2 Å². The van der Waals surface area contributed by atoms with Gasteiger partial charge in [0.2, 0.25) is 0 Å². The molecule has 3 aromatic rings. The maximum atomic E-state index is 5.78. The van der Waals surface area contributed by atoms with Gasteiger partial charge in [-0.1, -0.05) is 24.3 Å². The van der Waals surface area contributed by atoms with E-state index in [4.69, 9.17) is 4.74 Å². The van der Waals surface area contributed by atoms with Crippen molar-refractivity contribution < 1.29 is 4.74 Å². The topological polar surface area (TPSA) is 35.0 Å². The van der Waals surface area contributed by atoms with Crippen molar-refractivity contribution in [3.63, 3.8) is 0 Å². The lowest BCUT2D eigenvalue weighted by molar-refractivity contribution is 0.304. The van der Waals surface area contributed by atoms with Crippen LogP contribution in [0.15, 0.2) is 59.5 Å². The molecule has 0 saturated heterocycles. The molecule has 0 fully saturated rings. The van der Waals surface area contributed by atoms with Crippen LogP contribution in [0.3, 0.4) is 0 Å². The van der Waals surface area contributed by atoms with Crippen LogP contribution in [0.25, 0.3) is 10.9 Å². The van der Waals surface area contributed by atoms with Crippen LogP contribution in [0.1, 0.15) is 5.56 Å². The largest absolute Gasteiger partial charge is 0.486 e. The van der Waals surface area contributed by atoms with Crippen LogP contribution in [0.5, 0.6) is 5.75 Å². The molecule has 94 valence electrons. The molecular weight excluding hydrogens is 304 g/mol. The summed E-state index contributed by atoms with van der Waals surface area (Å²) in [4.78, 5) is 8.54. The minimum atomic E-state index is 0.471. The SMILES string of the molecule is Brc1ncccc1OCc1cccc2cccnc12. The molecule has 0 aliphatic carbocycles. The molecule has 0 N–H and O–H groups in total. The lowest BCUT2D eigenvalue weighted by Gasteiger charge is -2.09. The van der Waals surface area contributed by atoms with E-state index in [2.05, 4.69) is 25.9 Å². The summed E-state index contributed by atoms with van der Waals surface area (Å²) in [5, 5.41) is 1.12. The molecule has 0 saturated carbocycles. The van der Waals surface area contributed by atoms with E-state index in [9.17, 15) is 0 Å². The summed E-state index contributed by atoms with van der Waals surface area (Å²) < 4.78 is 6.49. The first kappa shape index (κ1) is 12.1. The Labute approximate surface area is 119 Å². The van der Waals surface area contributed by atoms with E-state index >= 15 is 0 Å². The monoisotopic (exact) mass is 314 g/mol. The summed E-state index contributed by atoms with van der Waals surface area (Å²) in [6.07, 6.45) is 3.52. The van der Waals surface area contributed by atoms with Crippen LogP contribution in [-0.2, 0) is 6.61 Å². The molecule has 0 radical (unpaired) electrons. The van der Waals surface area contributed by atoms with Crippen LogP contribution in [0.2, 0.25) is 0 Å². The van der Waals surface area contributed by atoms with E-state index in [0.717, 1.165) is 22.2 Å². The predicted octanol–water partition coefficient (Wildman–Crippen LogP) is 3.97. The smallest absolute Gasteiger partial charge is 0.152 e. The molecular formula is C15H11BrN2O. The number of aromatic nitrogens is 2. The summed E-state index contributed by atoms with van der Waals surface area (Å²) in [6, 6.07) is 13.8. The molecule has 2 heterocycles. The van der Waals surface area contributed by atoms with Gasteiger partial charge in [-0.05, 0) is 34.1 Å². The molecule has 4 heteroatoms. The fourth-order valence-corrected chi connectivity index (χ4v) is 2.28. The van der Waals surface area contributed by atoms with Crippen molar-refractivity contribution in [2.24, 2.45) is 0 Å². The summed E-state index contributed by atoms with van der Waals surface area (Å²) in [6.45, 7) is 0.471. The van der Waals surface area contributed by atoms with Crippen LogP contribution in [0, 0.1) is 0 Å². The summed E-state index contributed by atoms with van der Waals surface area (Å²) in [5.74, 6) is 0.732. The molecule has 19 heavy (non-hydrogen) atoms. The van der Waals surface area contributed by atoms with Gasteiger partial charge in [-0.15, -0.1) is 0 Å². The third-order valence-electron chi connectivity index (χ3n) is 2.82. The van der Waals surface area contributed by atoms with E-state index in [1.165, 1.54) is 0 Å². The number of hydrogen-bond donors (Lipinski definition) is 0. The quantitative estimate of drug-likeness (QED) is 0.686. The van der Waals surface area contributed by atoms with E-state index in [1.807, 2.05) is 42.5 Å². The third-order valence-corrected chi connectivity index (χ3v) is 3.42. The highest BCUT2D eigenvalue weighted by atomic mass is 79.9. The van der Waals surface area contributed by atoms with Gasteiger partial charge in [0.15, 0.2) is 5.75 Å². The van der Waals surface area contributed by atoms with Gasteiger partial charge in [-0.2, -0.15) is 0 Å². The minimum Gasteiger partial charge on any atom is -0.486 e. The van der Waals surface area contributed by atoms with Crippen LogP contribution in [-0.4, -0.2) is 9.97 Å². The molecule has 0 atom stereocenters. The highest BCUT2D eigenvalue weighted by Crippen LogP contribution is 2.23. The Balaban J connectivity index is 1.88. The average molecular weight is 315 g/mol. The number of fused-ring (bicyclic) bond motifs is 1. The minimum absolute atomic E-state index is 0.471. The number of hydrogen-bond acceptors (Lipinski definition) is 3. The number of nitrogens with zero attached hydrogens (tertiary/aromatic N) is 2. The number of pyridine rings is 2. The fraction of sp³-hybridized carbons (Fsp3) is 0.0667. The van der Waals surface area contributed by atoms with Gasteiger partial charge in [0, 0.05) is 23.3 Å². The van der Waals surface area contributed by atoms with Crippen molar-refractivity contribution in [3.8, 4) is 5.75 Å². The lowest BCUT2D eigenvalue weighted by atomic mass is 10.1. The van der Waals surface area contributed by atoms with Crippen molar-refractivity contribution >= 4 is 26.8 Å². The first-order chi connectivity index (χ1) is 9.34. The van der Waals surface area contributed by atoms with Crippen LogP contribution < -0.4 is 4.74 Å². The lowest BCUT2D eigenvalue weighted by Crippen LogP contribution is -1.98. The van der Waals surface area contributed by atoms with Gasteiger partial charge in [-0.25, -0.2) is 4.98 Å². The maximum Gasteiger partial charge on any atom is 0.152 e. The zero-order chi connectivity index (χ0) is 13.1. The number of ether oxygens (including phenoxy) is 1. The zero-order valence-corrected chi connectivity index (χ0v) is 11.7. The first-order valence-electron chi connectivity index (χ1n) is 5.90. The second-order valence-corrected chi connectivity index (χ2v) is 4.82. The standard InChI is InChI=1S/C15H11BrN2O/c16-15-13(7-3-9-18-15)19-10-12-5-1-4-11-6-2-8-17-14(11)12/h1-9H,10H2. The van der Waals surface area contributed by atoms with Crippen LogP contribution in [0.4, 0.5) is 0 Å². The second-order valence-electron chi connectivity index (χ2n) is 4.07. The number of benzene rings is 1. The Morgan fingerprint density at radius 1 is 0.947 bits per heavy atom. The molecule has 0 unspecified atom stereocenters. The van der Waals surface area contributed by atoms with Crippen molar-refractivity contribution in [1.82, 2.24) is 9.97 Å². The highest BCUT2D eigenvalue weighted by molar-refractivity contribution is 9.10. The third kappa shape index (κ3) is 2.58. The Hall–Kier alpha value is -1.94. The zero-order valence-electron chi connectivity index (χ0n) is 10.1. The molecule has 0 amide bonds. The van der Waals surface area contributed by atoms with Crippen molar-refractivity contribution in [2.75, 3.05) is 0 Å². The van der Waals surface area contributed by atoms with Crippen molar-refractivity contribution in [2.45, 2.75) is 6.61 Å². The molecule has 2 aromatic heterocycles. The van der Waals surface area contributed by atoms with Gasteiger partial charge < -0.3 is 4.74 Å². The Morgan fingerprint density at radius 2 is 1.74 bits per heavy atom. The van der Waals surface area contributed by atoms with Gasteiger partial charge in [-0.3, -0.25) is 4.98 Å². The number of rotatable bonds is 3. The number of para-hydroxylation sites is 1. The maximum absolute atomic E-state index is 5.78. The van der Waals surface area contributed by atoms with E-state index < -0.39 is 0 Å². The molecule has 1 aromatic carbocycles. The van der Waals surface area contributed by atoms with E-state index in [-0.39, 0.29) is 0 Å². The normalized spacial score (nSPS) is 10.6.